The Hall–Kier alpha value is -0.850. The average molecular weight is 229 g/mol. The fourth-order valence-corrected chi connectivity index (χ4v) is 1.31. The number of aliphatic hydroxyl groups is 1. The second-order valence-electron chi connectivity index (χ2n) is 2.27. The molecule has 3 heteroatoms. The van der Waals surface area contributed by atoms with Crippen molar-refractivity contribution in [1.82, 2.24) is 0 Å². The molecule has 0 aliphatic rings. The van der Waals surface area contributed by atoms with Crippen LogP contribution in [0.2, 0.25) is 0 Å². The third kappa shape index (κ3) is 2.07. The van der Waals surface area contributed by atoms with Crippen molar-refractivity contribution < 1.29 is 9.50 Å². The van der Waals surface area contributed by atoms with Crippen LogP contribution in [0, 0.1) is 18.2 Å². The summed E-state index contributed by atoms with van der Waals surface area (Å²) in [5.74, 6) is 1.68. The third-order valence-electron chi connectivity index (χ3n) is 1.36. The lowest BCUT2D eigenvalue weighted by Gasteiger charge is -2.03. The van der Waals surface area contributed by atoms with Gasteiger partial charge in [0.2, 0.25) is 0 Å². The van der Waals surface area contributed by atoms with Crippen molar-refractivity contribution in [3.63, 3.8) is 0 Å². The zero-order valence-corrected chi connectivity index (χ0v) is 7.68. The molecule has 0 aliphatic heterocycles. The van der Waals surface area contributed by atoms with Crippen LogP contribution in [0.3, 0.4) is 0 Å². The lowest BCUT2D eigenvalue weighted by molar-refractivity contribution is 0.238. The quantitative estimate of drug-likeness (QED) is 0.732. The Bertz CT molecular complexity index is 310. The van der Waals surface area contributed by atoms with Gasteiger partial charge in [0.25, 0.3) is 0 Å². The molecule has 1 aromatic carbocycles. The maximum absolute atomic E-state index is 12.7. The first kappa shape index (κ1) is 9.24. The van der Waals surface area contributed by atoms with Crippen molar-refractivity contribution in [3.8, 4) is 12.3 Å². The fraction of sp³-hybridized carbons (Fsp3) is 0.111. The van der Waals surface area contributed by atoms with Gasteiger partial charge in [-0.3, -0.25) is 0 Å². The Morgan fingerprint density at radius 3 is 2.67 bits per heavy atom. The molecule has 1 aromatic rings. The lowest BCUT2D eigenvalue weighted by atomic mass is 10.1. The Morgan fingerprint density at radius 2 is 2.17 bits per heavy atom. The first-order valence-corrected chi connectivity index (χ1v) is 4.03. The minimum atomic E-state index is -1.04. The van der Waals surface area contributed by atoms with Gasteiger partial charge in [-0.1, -0.05) is 21.9 Å². The van der Waals surface area contributed by atoms with Crippen molar-refractivity contribution >= 4 is 15.9 Å². The number of terminal acetylenes is 1. The molecule has 0 saturated heterocycles. The molecule has 0 heterocycles. The topological polar surface area (TPSA) is 20.2 Å². The van der Waals surface area contributed by atoms with E-state index in [9.17, 15) is 4.39 Å². The third-order valence-corrected chi connectivity index (χ3v) is 1.82. The highest BCUT2D eigenvalue weighted by atomic mass is 79.9. The molecule has 0 aliphatic carbocycles. The molecule has 0 amide bonds. The van der Waals surface area contributed by atoms with Crippen LogP contribution in [0.4, 0.5) is 4.39 Å². The van der Waals surface area contributed by atoms with Crippen LogP contribution in [0.1, 0.15) is 11.7 Å². The van der Waals surface area contributed by atoms with Crippen molar-refractivity contribution in [1.29, 1.82) is 0 Å². The molecule has 1 atom stereocenters. The highest BCUT2D eigenvalue weighted by Crippen LogP contribution is 2.19. The summed E-state index contributed by atoms with van der Waals surface area (Å²) in [4.78, 5) is 0. The SMILES string of the molecule is C#CC(O)c1cc(F)cc(Br)c1. The standard InChI is InChI=1S/C9H6BrFO/c1-2-9(12)6-3-7(10)5-8(11)4-6/h1,3-5,9,12H. The molecule has 0 aromatic heterocycles. The van der Waals surface area contributed by atoms with E-state index in [1.54, 1.807) is 6.07 Å². The molecular formula is C9H6BrFO. The second-order valence-corrected chi connectivity index (χ2v) is 3.19. The van der Waals surface area contributed by atoms with Gasteiger partial charge in [0.05, 0.1) is 0 Å². The van der Waals surface area contributed by atoms with Crippen LogP contribution < -0.4 is 0 Å². The van der Waals surface area contributed by atoms with Gasteiger partial charge in [0, 0.05) is 4.47 Å². The lowest BCUT2D eigenvalue weighted by Crippen LogP contribution is -1.93. The molecule has 0 fully saturated rings. The van der Waals surface area contributed by atoms with E-state index in [1.807, 2.05) is 0 Å². The van der Waals surface area contributed by atoms with E-state index in [-0.39, 0.29) is 0 Å². The number of benzene rings is 1. The molecular weight excluding hydrogens is 223 g/mol. The van der Waals surface area contributed by atoms with Crippen LogP contribution in [-0.4, -0.2) is 5.11 Å². The van der Waals surface area contributed by atoms with E-state index in [2.05, 4.69) is 21.9 Å². The summed E-state index contributed by atoms with van der Waals surface area (Å²) in [6.07, 6.45) is 3.92. The first-order valence-electron chi connectivity index (χ1n) is 3.23. The molecule has 62 valence electrons. The van der Waals surface area contributed by atoms with Crippen LogP contribution in [0.5, 0.6) is 0 Å². The average Bonchev–Trinajstić information content (AvgIpc) is 2.01. The Balaban J connectivity index is 3.10. The van der Waals surface area contributed by atoms with Crippen LogP contribution in [0.25, 0.3) is 0 Å². The van der Waals surface area contributed by atoms with Gasteiger partial charge in [-0.25, -0.2) is 4.39 Å². The van der Waals surface area contributed by atoms with Crippen molar-refractivity contribution in [2.45, 2.75) is 6.10 Å². The number of aliphatic hydroxyl groups excluding tert-OH is 1. The molecule has 0 bridgehead atoms. The summed E-state index contributed by atoms with van der Waals surface area (Å²) in [6, 6.07) is 4.08. The zero-order chi connectivity index (χ0) is 9.14. The van der Waals surface area contributed by atoms with Gasteiger partial charge < -0.3 is 5.11 Å². The van der Waals surface area contributed by atoms with E-state index in [0.29, 0.717) is 10.0 Å². The summed E-state index contributed by atoms with van der Waals surface area (Å²) in [5, 5.41) is 9.15. The summed E-state index contributed by atoms with van der Waals surface area (Å²) < 4.78 is 13.3. The molecule has 1 unspecified atom stereocenters. The Kier molecular flexibility index (Phi) is 2.85. The minimum Gasteiger partial charge on any atom is -0.376 e. The number of hydrogen-bond acceptors (Lipinski definition) is 1. The van der Waals surface area contributed by atoms with Crippen LogP contribution >= 0.6 is 15.9 Å². The first-order chi connectivity index (χ1) is 5.63. The monoisotopic (exact) mass is 228 g/mol. The van der Waals surface area contributed by atoms with E-state index < -0.39 is 11.9 Å². The molecule has 1 N–H and O–H groups in total. The normalized spacial score (nSPS) is 12.2. The minimum absolute atomic E-state index is 0.379. The summed E-state index contributed by atoms with van der Waals surface area (Å²) in [5.41, 5.74) is 0.379. The van der Waals surface area contributed by atoms with E-state index >= 15 is 0 Å². The highest BCUT2D eigenvalue weighted by molar-refractivity contribution is 9.10. The van der Waals surface area contributed by atoms with Crippen molar-refractivity contribution in [2.75, 3.05) is 0 Å². The predicted octanol–water partition coefficient (Wildman–Crippen LogP) is 2.25. The molecule has 0 radical (unpaired) electrons. The fourth-order valence-electron chi connectivity index (χ4n) is 0.829. The van der Waals surface area contributed by atoms with E-state index in [4.69, 9.17) is 11.5 Å². The van der Waals surface area contributed by atoms with Gasteiger partial charge in [-0.15, -0.1) is 6.42 Å². The smallest absolute Gasteiger partial charge is 0.140 e. The predicted molar refractivity (Wildman–Crippen MR) is 47.9 cm³/mol. The van der Waals surface area contributed by atoms with Crippen molar-refractivity contribution in [2.24, 2.45) is 0 Å². The highest BCUT2D eigenvalue weighted by Gasteiger charge is 2.05. The largest absolute Gasteiger partial charge is 0.376 e. The maximum Gasteiger partial charge on any atom is 0.140 e. The molecule has 12 heavy (non-hydrogen) atoms. The van der Waals surface area contributed by atoms with Crippen LogP contribution in [-0.2, 0) is 0 Å². The second kappa shape index (κ2) is 3.70. The van der Waals surface area contributed by atoms with Gasteiger partial charge in [0.15, 0.2) is 0 Å². The van der Waals surface area contributed by atoms with Gasteiger partial charge in [-0.05, 0) is 23.8 Å². The van der Waals surface area contributed by atoms with Gasteiger partial charge in [0.1, 0.15) is 11.9 Å². The zero-order valence-electron chi connectivity index (χ0n) is 6.09. The number of hydrogen-bond donors (Lipinski definition) is 1. The van der Waals surface area contributed by atoms with Gasteiger partial charge >= 0.3 is 0 Å². The molecule has 0 spiro atoms. The van der Waals surface area contributed by atoms with Crippen molar-refractivity contribution in [3.05, 3.63) is 34.1 Å². The summed E-state index contributed by atoms with van der Waals surface area (Å²) in [7, 11) is 0. The maximum atomic E-state index is 12.7. The Labute approximate surface area is 78.4 Å². The number of rotatable bonds is 1. The molecule has 1 rings (SSSR count). The summed E-state index contributed by atoms with van der Waals surface area (Å²) >= 11 is 3.09. The van der Waals surface area contributed by atoms with Gasteiger partial charge in [-0.2, -0.15) is 0 Å². The molecule has 1 nitrogen and oxygen atoms in total. The van der Waals surface area contributed by atoms with E-state index in [1.165, 1.54) is 12.1 Å². The molecule has 0 saturated carbocycles. The van der Waals surface area contributed by atoms with Crippen LogP contribution in [0.15, 0.2) is 22.7 Å². The van der Waals surface area contributed by atoms with E-state index in [0.717, 1.165) is 0 Å². The number of halogens is 2. The Morgan fingerprint density at radius 1 is 1.50 bits per heavy atom. The summed E-state index contributed by atoms with van der Waals surface area (Å²) in [6.45, 7) is 0.